The van der Waals surface area contributed by atoms with E-state index in [9.17, 15) is 19.8 Å². The van der Waals surface area contributed by atoms with E-state index in [1.54, 1.807) is 88.1 Å². The van der Waals surface area contributed by atoms with Crippen molar-refractivity contribution in [3.63, 3.8) is 0 Å². The molecule has 76 heavy (non-hydrogen) atoms. The van der Waals surface area contributed by atoms with Crippen molar-refractivity contribution < 1.29 is 14.9 Å². The smallest absolute Gasteiger partial charge is 0.251 e. The number of benzene rings is 6. The molecule has 0 radical (unpaired) electrons. The molecule has 11 rings (SSSR count). The molecule has 6 aromatic carbocycles. The van der Waals surface area contributed by atoms with E-state index in [-0.39, 0.29) is 11.1 Å². The highest BCUT2D eigenvalue weighted by atomic mass is 35.5. The molecule has 5 aromatic heterocycles. The quantitative estimate of drug-likeness (QED) is 0.113. The summed E-state index contributed by atoms with van der Waals surface area (Å²) in [5.41, 5.74) is 7.23. The summed E-state index contributed by atoms with van der Waals surface area (Å²) in [4.78, 5) is 34.2. The Balaban J connectivity index is 0.000000173. The van der Waals surface area contributed by atoms with Crippen LogP contribution in [0.4, 0.5) is 0 Å². The van der Waals surface area contributed by atoms with Gasteiger partial charge in [0.05, 0.1) is 60.6 Å². The molecule has 0 amide bonds. The summed E-state index contributed by atoms with van der Waals surface area (Å²) in [6.45, 7) is 3.61. The van der Waals surface area contributed by atoms with Gasteiger partial charge in [0.15, 0.2) is 11.2 Å². The van der Waals surface area contributed by atoms with Crippen molar-refractivity contribution >= 4 is 45.0 Å². The molecule has 5 heterocycles. The number of imidazole rings is 2. The number of hydrogen-bond donors (Lipinski definition) is 2. The van der Waals surface area contributed by atoms with Crippen molar-refractivity contribution in [1.82, 2.24) is 48.4 Å². The molecular weight excluding hydrogens is 1000 g/mol. The van der Waals surface area contributed by atoms with Crippen LogP contribution in [0.2, 0.25) is 10.0 Å². The number of nitrogens with zero attached hydrogens (tertiary/aromatic N) is 10. The van der Waals surface area contributed by atoms with E-state index in [0.717, 1.165) is 55.2 Å². The monoisotopic (exact) mass is 1050 g/mol. The molecule has 15 nitrogen and oxygen atoms in total. The predicted molar refractivity (Wildman–Crippen MR) is 295 cm³/mol. The topological polar surface area (TPSA) is 173 Å². The first kappa shape index (κ1) is 51.2. The van der Waals surface area contributed by atoms with Crippen molar-refractivity contribution in [3.8, 4) is 22.3 Å². The van der Waals surface area contributed by atoms with E-state index >= 15 is 0 Å². The van der Waals surface area contributed by atoms with Crippen molar-refractivity contribution in [2.75, 3.05) is 6.61 Å². The van der Waals surface area contributed by atoms with Crippen molar-refractivity contribution in [2.45, 2.75) is 31.3 Å². The average Bonchev–Trinajstić information content (AvgIpc) is 4.23. The minimum atomic E-state index is -1.53. The lowest BCUT2D eigenvalue weighted by molar-refractivity contribution is 0.117. The van der Waals surface area contributed by atoms with E-state index in [1.165, 1.54) is 0 Å². The van der Waals surface area contributed by atoms with Crippen LogP contribution in [0.1, 0.15) is 51.7 Å². The van der Waals surface area contributed by atoms with Crippen LogP contribution in [-0.4, -0.2) is 65.3 Å². The number of tetrazole rings is 1. The molecule has 0 spiro atoms. The number of rotatable bonds is 13. The third-order valence-electron chi connectivity index (χ3n) is 13.9. The Kier molecular flexibility index (Phi) is 14.2. The van der Waals surface area contributed by atoms with Gasteiger partial charge in [-0.1, -0.05) is 108 Å². The van der Waals surface area contributed by atoms with Crippen LogP contribution in [-0.2, 0) is 57.3 Å². The zero-order chi connectivity index (χ0) is 53.3. The Morgan fingerprint density at radius 1 is 0.553 bits per heavy atom. The van der Waals surface area contributed by atoms with E-state index < -0.39 is 11.2 Å². The normalized spacial score (nSPS) is 13.1. The standard InChI is InChI=1S/C30H28ClN3O3.C29H24ClN7O2/c1-4-37-18-20-8-10-22(11-9-20)30(36,28-17-32-19-33(28)2)23-12-13-27-26(15-23)25(16-29(35)34(27)3)21-6-5-7-24(31)14-21;1-35-17-31-15-27(35)29(39,21-8-6-19(7-9-21)16-37-18-32-33-34-37)22-10-11-26-25(13-22)24(14-28(38)36(26)2)20-4-3-5-23(30)12-20/h5-17,19,36H,4,18H2,1-3H3;3-15,17-18,39H,16H2,1-2H3. The lowest BCUT2D eigenvalue weighted by atomic mass is 9.82. The number of halogens is 2. The summed E-state index contributed by atoms with van der Waals surface area (Å²) >= 11 is 12.6. The third-order valence-corrected chi connectivity index (χ3v) is 14.4. The number of pyridine rings is 2. The number of fused-ring (bicyclic) bond motifs is 2. The highest BCUT2D eigenvalue weighted by Crippen LogP contribution is 2.41. The first-order valence-electron chi connectivity index (χ1n) is 24.3. The second-order valence-electron chi connectivity index (χ2n) is 18.6. The molecule has 17 heteroatoms. The molecule has 0 bridgehead atoms. The maximum absolute atomic E-state index is 12.8. The molecule has 2 unspecified atom stereocenters. The molecule has 0 aliphatic carbocycles. The maximum atomic E-state index is 12.8. The zero-order valence-corrected chi connectivity index (χ0v) is 43.7. The van der Waals surface area contributed by atoms with E-state index in [4.69, 9.17) is 27.9 Å². The Morgan fingerprint density at radius 2 is 1.01 bits per heavy atom. The first-order chi connectivity index (χ1) is 36.7. The van der Waals surface area contributed by atoms with Crippen molar-refractivity contribution in [1.29, 1.82) is 0 Å². The van der Waals surface area contributed by atoms with E-state index in [0.29, 0.717) is 63.4 Å². The minimum Gasteiger partial charge on any atom is -0.377 e. The summed E-state index contributed by atoms with van der Waals surface area (Å²) in [7, 11) is 7.19. The number of ether oxygens (including phenoxy) is 1. The fraction of sp³-hybridized carbons (Fsp3) is 0.169. The third kappa shape index (κ3) is 9.66. The maximum Gasteiger partial charge on any atom is 0.251 e. The molecule has 0 fully saturated rings. The van der Waals surface area contributed by atoms with Gasteiger partial charge in [-0.25, -0.2) is 14.6 Å². The van der Waals surface area contributed by atoms with Gasteiger partial charge < -0.3 is 33.2 Å². The molecule has 382 valence electrons. The Morgan fingerprint density at radius 3 is 1.42 bits per heavy atom. The summed E-state index contributed by atoms with van der Waals surface area (Å²) < 4.78 is 14.0. The molecule has 0 aliphatic rings. The molecular formula is C59H52Cl2N10O5. The zero-order valence-electron chi connectivity index (χ0n) is 42.2. The number of aliphatic hydroxyl groups is 2. The highest BCUT2D eigenvalue weighted by Gasteiger charge is 2.38. The van der Waals surface area contributed by atoms with Crippen LogP contribution >= 0.6 is 23.2 Å². The minimum absolute atomic E-state index is 0.123. The van der Waals surface area contributed by atoms with Gasteiger partial charge in [-0.3, -0.25) is 9.59 Å². The number of aromatic nitrogens is 10. The molecule has 2 N–H and O–H groups in total. The van der Waals surface area contributed by atoms with Gasteiger partial charge in [0, 0.05) is 67.7 Å². The van der Waals surface area contributed by atoms with Crippen LogP contribution in [0, 0.1) is 0 Å². The Hall–Kier alpha value is -8.31. The summed E-state index contributed by atoms with van der Waals surface area (Å²) in [6, 6.07) is 44.9. The second kappa shape index (κ2) is 21.1. The molecule has 0 saturated heterocycles. The molecule has 11 aromatic rings. The van der Waals surface area contributed by atoms with Crippen LogP contribution in [0.3, 0.4) is 0 Å². The summed E-state index contributed by atoms with van der Waals surface area (Å²) in [5, 5.41) is 39.1. The molecule has 0 saturated carbocycles. The number of aryl methyl sites for hydroxylation is 4. The van der Waals surface area contributed by atoms with Gasteiger partial charge in [-0.15, -0.1) is 5.10 Å². The van der Waals surface area contributed by atoms with Crippen LogP contribution in [0.25, 0.3) is 44.1 Å². The Labute approximate surface area is 447 Å². The molecule has 2 atom stereocenters. The molecule has 0 aliphatic heterocycles. The van der Waals surface area contributed by atoms with Crippen molar-refractivity contribution in [3.05, 3.63) is 252 Å². The van der Waals surface area contributed by atoms with Crippen LogP contribution in [0.15, 0.2) is 187 Å². The van der Waals surface area contributed by atoms with Gasteiger partial charge in [0.2, 0.25) is 0 Å². The average molecular weight is 1050 g/mol. The van der Waals surface area contributed by atoms with Crippen molar-refractivity contribution in [2.24, 2.45) is 28.2 Å². The summed E-state index contributed by atoms with van der Waals surface area (Å²) in [6.07, 6.45) is 8.23. The lowest BCUT2D eigenvalue weighted by Crippen LogP contribution is -2.31. The highest BCUT2D eigenvalue weighted by molar-refractivity contribution is 6.31. The lowest BCUT2D eigenvalue weighted by Gasteiger charge is -2.30. The van der Waals surface area contributed by atoms with Gasteiger partial charge in [-0.05, 0) is 122 Å². The fourth-order valence-electron chi connectivity index (χ4n) is 9.85. The van der Waals surface area contributed by atoms with Gasteiger partial charge in [0.1, 0.15) is 6.33 Å². The van der Waals surface area contributed by atoms with Crippen LogP contribution in [0.5, 0.6) is 0 Å². The SMILES string of the molecule is CCOCc1ccc(C(O)(c2ccc3c(c2)c(-c2cccc(Cl)c2)cc(=O)n3C)c2cncn2C)cc1.Cn1cncc1C(O)(c1ccc(Cn2cnnn2)cc1)c1ccc2c(c1)c(-c1cccc(Cl)c1)cc(=O)n2C. The largest absolute Gasteiger partial charge is 0.377 e. The van der Waals surface area contributed by atoms with E-state index in [2.05, 4.69) is 25.5 Å². The second-order valence-corrected chi connectivity index (χ2v) is 19.5. The van der Waals surface area contributed by atoms with Crippen LogP contribution < -0.4 is 11.1 Å². The summed E-state index contributed by atoms with van der Waals surface area (Å²) in [5.74, 6) is 0. The number of hydrogen-bond acceptors (Lipinski definition) is 10. The van der Waals surface area contributed by atoms with Gasteiger partial charge >= 0.3 is 0 Å². The van der Waals surface area contributed by atoms with E-state index in [1.807, 2.05) is 147 Å². The van der Waals surface area contributed by atoms with Gasteiger partial charge in [-0.2, -0.15) is 0 Å². The van der Waals surface area contributed by atoms with Gasteiger partial charge in [0.25, 0.3) is 11.1 Å². The fourth-order valence-corrected chi connectivity index (χ4v) is 10.2. The first-order valence-corrected chi connectivity index (χ1v) is 25.1. The predicted octanol–water partition coefficient (Wildman–Crippen LogP) is 9.32. The Bertz CT molecular complexity index is 4020.